The molecule has 1 fully saturated rings. The normalized spacial score (nSPS) is 13.7. The fourth-order valence-electron chi connectivity index (χ4n) is 0.250. The molecule has 0 heterocycles. The second-order valence-corrected chi connectivity index (χ2v) is 1.41. The molecule has 1 aliphatic carbocycles. The zero-order valence-corrected chi connectivity index (χ0v) is 7.22. The van der Waals surface area contributed by atoms with Gasteiger partial charge in [-0.3, -0.25) is 0 Å². The minimum absolute atomic E-state index is 0. The van der Waals surface area contributed by atoms with E-state index in [1.165, 1.54) is 25.7 Å². The van der Waals surface area contributed by atoms with Gasteiger partial charge in [0, 0.05) is 37.1 Å². The Hall–Kier alpha value is 1.13. The van der Waals surface area contributed by atoms with E-state index in [4.69, 9.17) is 0 Å². The van der Waals surface area contributed by atoms with Gasteiger partial charge in [-0.1, -0.05) is 25.7 Å². The van der Waals surface area contributed by atoms with E-state index in [0.29, 0.717) is 0 Å². The van der Waals surface area contributed by atoms with Crippen molar-refractivity contribution in [2.45, 2.75) is 25.7 Å². The molecule has 0 unspecified atom stereocenters. The predicted molar refractivity (Wildman–Crippen MR) is 24.6 cm³/mol. The Balaban J connectivity index is -0.0000000200. The summed E-state index contributed by atoms with van der Waals surface area (Å²) in [6, 6.07) is 0. The van der Waals surface area contributed by atoms with Gasteiger partial charge in [-0.25, -0.2) is 0 Å². The van der Waals surface area contributed by atoms with Crippen molar-refractivity contribution in [1.29, 1.82) is 0 Å². The standard InChI is InChI=1S/C4H8.H3N.2V/c1-2-4-3-1;;;/h1-4H2;1H3;;/p+1/i/hT. The molecular weight excluding hydrogens is 164 g/mol. The Labute approximate surface area is 70.5 Å². The van der Waals surface area contributed by atoms with Crippen LogP contribution in [0.25, 0.3) is 0 Å². The molecule has 7 heavy (non-hydrogen) atoms. The molecule has 0 aliphatic heterocycles. The van der Waals surface area contributed by atoms with E-state index in [1.54, 1.807) is 0 Å². The fraction of sp³-hybridized carbons (Fsp3) is 1.00. The van der Waals surface area contributed by atoms with Gasteiger partial charge in [-0.05, 0) is 0 Å². The van der Waals surface area contributed by atoms with Crippen LogP contribution in [-0.4, -0.2) is 0 Å². The minimum Gasteiger partial charge on any atom is -0.344 e. The number of rotatable bonds is 0. The summed E-state index contributed by atoms with van der Waals surface area (Å²) in [6.07, 6.45) is 6.00. The summed E-state index contributed by atoms with van der Waals surface area (Å²) >= 11 is 0. The number of hydrogen-bond donors (Lipinski definition) is 1. The Morgan fingerprint density at radius 2 is 0.857 bits per heavy atom. The molecule has 0 aromatic rings. The van der Waals surface area contributed by atoms with Crippen molar-refractivity contribution in [3.8, 4) is 0 Å². The summed E-state index contributed by atoms with van der Waals surface area (Å²) in [5.74, 6) is 0. The molecule has 3 N–H and O–H groups in total. The van der Waals surface area contributed by atoms with Crippen molar-refractivity contribution >= 4 is 0 Å². The van der Waals surface area contributed by atoms with Crippen LogP contribution >= 0.6 is 0 Å². The zero-order valence-electron chi connectivity index (χ0n) is 5.43. The molecule has 0 saturated heterocycles. The SMILES string of the molecule is C1CCC1.N.[3H+].[V].[V]. The largest absolute Gasteiger partial charge is 1.00 e. The third-order valence-corrected chi connectivity index (χ3v) is 1.000. The van der Waals surface area contributed by atoms with Crippen LogP contribution in [0.15, 0.2) is 0 Å². The van der Waals surface area contributed by atoms with Crippen molar-refractivity contribution in [2.75, 3.05) is 0 Å². The molecule has 1 aliphatic rings. The molecule has 0 aromatic carbocycles. The van der Waals surface area contributed by atoms with Crippen LogP contribution in [0.3, 0.4) is 0 Å². The first-order chi connectivity index (χ1) is 2.00. The second kappa shape index (κ2) is 10.2. The minimum atomic E-state index is 0. The van der Waals surface area contributed by atoms with Gasteiger partial charge in [-0.2, -0.15) is 0 Å². The van der Waals surface area contributed by atoms with Crippen LogP contribution < -0.4 is 6.15 Å². The van der Waals surface area contributed by atoms with E-state index >= 15 is 0 Å². The molecule has 2 radical (unpaired) electrons. The maximum absolute atomic E-state index is 1.50. The summed E-state index contributed by atoms with van der Waals surface area (Å²) in [5, 5.41) is 0. The van der Waals surface area contributed by atoms with E-state index in [0.717, 1.165) is 0 Å². The van der Waals surface area contributed by atoms with Gasteiger partial charge in [0.2, 0.25) is 0 Å². The maximum Gasteiger partial charge on any atom is 1.00 e. The average molecular weight is 178 g/mol. The molecule has 0 atom stereocenters. The molecule has 0 bridgehead atoms. The Bertz CT molecular complexity index is 22.0. The summed E-state index contributed by atoms with van der Waals surface area (Å²) in [7, 11) is 0. The fourth-order valence-corrected chi connectivity index (χ4v) is 0.250. The number of hydrogen-bond acceptors (Lipinski definition) is 1. The molecule has 0 aromatic heterocycles. The van der Waals surface area contributed by atoms with Gasteiger partial charge in [0.15, 0.2) is 0 Å². The van der Waals surface area contributed by atoms with Gasteiger partial charge < -0.3 is 6.15 Å². The topological polar surface area (TPSA) is 35.0 Å². The van der Waals surface area contributed by atoms with Crippen LogP contribution in [0.1, 0.15) is 27.1 Å². The molecule has 1 rings (SSSR count). The van der Waals surface area contributed by atoms with E-state index in [-0.39, 0.29) is 44.7 Å². The molecular formula is C4H12NV2+. The van der Waals surface area contributed by atoms with Gasteiger partial charge in [-0.15, -0.1) is 0 Å². The van der Waals surface area contributed by atoms with E-state index < -0.39 is 0 Å². The van der Waals surface area contributed by atoms with Gasteiger partial charge in [0.25, 0.3) is 0 Å². The van der Waals surface area contributed by atoms with Crippen molar-refractivity contribution in [3.05, 3.63) is 0 Å². The van der Waals surface area contributed by atoms with Crippen LogP contribution in [0.2, 0.25) is 0 Å². The van der Waals surface area contributed by atoms with Gasteiger partial charge in [0.05, 0.1) is 0 Å². The summed E-state index contributed by atoms with van der Waals surface area (Å²) in [4.78, 5) is 0. The second-order valence-electron chi connectivity index (χ2n) is 1.41. The third-order valence-electron chi connectivity index (χ3n) is 1.000. The maximum atomic E-state index is 1.50. The smallest absolute Gasteiger partial charge is 0.344 e. The van der Waals surface area contributed by atoms with Crippen molar-refractivity contribution < 1.29 is 38.5 Å². The molecule has 0 amide bonds. The summed E-state index contributed by atoms with van der Waals surface area (Å²) in [6.45, 7) is 0. The summed E-state index contributed by atoms with van der Waals surface area (Å²) in [5.41, 5.74) is 0. The van der Waals surface area contributed by atoms with E-state index in [2.05, 4.69) is 0 Å². The van der Waals surface area contributed by atoms with E-state index in [1.807, 2.05) is 0 Å². The van der Waals surface area contributed by atoms with Crippen molar-refractivity contribution in [2.24, 2.45) is 0 Å². The predicted octanol–water partition coefficient (Wildman–Crippen LogP) is 1.83. The van der Waals surface area contributed by atoms with Crippen molar-refractivity contribution in [1.82, 2.24) is 6.15 Å². The van der Waals surface area contributed by atoms with Crippen LogP contribution in [0.5, 0.6) is 0 Å². The molecule has 42 valence electrons. The third kappa shape index (κ3) is 7.13. The van der Waals surface area contributed by atoms with Crippen LogP contribution in [0, 0.1) is 0 Å². The van der Waals surface area contributed by atoms with Crippen LogP contribution in [0.4, 0.5) is 0 Å². The Morgan fingerprint density at radius 3 is 0.857 bits per heavy atom. The van der Waals surface area contributed by atoms with Crippen LogP contribution in [-0.2, 0) is 37.1 Å². The first-order valence-electron chi connectivity index (χ1n) is 2.00. The first-order valence-corrected chi connectivity index (χ1v) is 2.00. The Morgan fingerprint density at radius 1 is 0.714 bits per heavy atom. The van der Waals surface area contributed by atoms with Gasteiger partial charge in [0.1, 0.15) is 0 Å². The zero-order chi connectivity index (χ0) is 2.83. The van der Waals surface area contributed by atoms with E-state index in [9.17, 15) is 0 Å². The molecule has 1 nitrogen and oxygen atoms in total. The quantitative estimate of drug-likeness (QED) is 0.603. The molecule has 1 saturated carbocycles. The first kappa shape index (κ1) is 15.7. The van der Waals surface area contributed by atoms with Crippen molar-refractivity contribution in [3.63, 3.8) is 0 Å². The average Bonchev–Trinajstić information content (AvgIpc) is 0.722. The molecule has 3 heteroatoms. The molecule has 0 spiro atoms. The monoisotopic (exact) mass is 178 g/mol. The Kier molecular flexibility index (Phi) is 22.8. The van der Waals surface area contributed by atoms with Gasteiger partial charge >= 0.3 is 1.43 Å². The summed E-state index contributed by atoms with van der Waals surface area (Å²) < 4.78 is 0.